The number of carbonyl (C=O) groups excluding carboxylic acids is 1. The maximum absolute atomic E-state index is 10.9. The molecule has 0 amide bonds. The summed E-state index contributed by atoms with van der Waals surface area (Å²) in [4.78, 5) is 10.9. The smallest absolute Gasteiger partial charge is 0.133 e. The Hall–Kier alpha value is -0.830. The third-order valence-electron chi connectivity index (χ3n) is 2.28. The van der Waals surface area contributed by atoms with Crippen molar-refractivity contribution in [3.63, 3.8) is 0 Å². The molecule has 1 atom stereocenters. The normalized spacial score (nSPS) is 18.9. The van der Waals surface area contributed by atoms with E-state index in [2.05, 4.69) is 22.0 Å². The van der Waals surface area contributed by atoms with Gasteiger partial charge in [-0.3, -0.25) is 4.79 Å². The third kappa shape index (κ3) is 1.98. The Morgan fingerprint density at radius 3 is 3.14 bits per heavy atom. The predicted molar refractivity (Wildman–Crippen MR) is 57.6 cm³/mol. The van der Waals surface area contributed by atoms with Crippen molar-refractivity contribution in [3.8, 4) is 5.75 Å². The SMILES string of the molecule is CC(=O)CC1Cc2cc(Br)ccc2O1. The summed E-state index contributed by atoms with van der Waals surface area (Å²) in [5, 5.41) is 0. The summed E-state index contributed by atoms with van der Waals surface area (Å²) in [5.74, 6) is 1.10. The van der Waals surface area contributed by atoms with E-state index in [1.165, 1.54) is 5.56 Å². The van der Waals surface area contributed by atoms with Crippen LogP contribution in [0.3, 0.4) is 0 Å². The van der Waals surface area contributed by atoms with E-state index < -0.39 is 0 Å². The van der Waals surface area contributed by atoms with Crippen molar-refractivity contribution in [1.82, 2.24) is 0 Å². The number of ether oxygens (including phenoxy) is 1. The van der Waals surface area contributed by atoms with Crippen molar-refractivity contribution < 1.29 is 9.53 Å². The zero-order valence-electron chi connectivity index (χ0n) is 7.92. The first kappa shape index (κ1) is 9.71. The molecule has 0 saturated carbocycles. The number of carbonyl (C=O) groups is 1. The van der Waals surface area contributed by atoms with E-state index in [0.717, 1.165) is 16.6 Å². The number of hydrogen-bond acceptors (Lipinski definition) is 2. The van der Waals surface area contributed by atoms with Crippen LogP contribution < -0.4 is 4.74 Å². The average Bonchev–Trinajstić information content (AvgIpc) is 2.44. The van der Waals surface area contributed by atoms with Crippen LogP contribution in [0.15, 0.2) is 22.7 Å². The second-order valence-electron chi connectivity index (χ2n) is 3.60. The van der Waals surface area contributed by atoms with Gasteiger partial charge in [0.15, 0.2) is 0 Å². The monoisotopic (exact) mass is 254 g/mol. The Labute approximate surface area is 91.4 Å². The summed E-state index contributed by atoms with van der Waals surface area (Å²) in [6.07, 6.45) is 1.39. The first-order valence-corrected chi connectivity index (χ1v) is 5.39. The lowest BCUT2D eigenvalue weighted by Gasteiger charge is -2.07. The second kappa shape index (κ2) is 3.73. The summed E-state index contributed by atoms with van der Waals surface area (Å²) in [6.45, 7) is 1.60. The molecule has 0 saturated heterocycles. The number of hydrogen-bond donors (Lipinski definition) is 0. The Kier molecular flexibility index (Phi) is 2.59. The number of ketones is 1. The summed E-state index contributed by atoms with van der Waals surface area (Å²) in [7, 11) is 0. The Morgan fingerprint density at radius 2 is 2.43 bits per heavy atom. The Bertz CT molecular complexity index is 374. The summed E-state index contributed by atoms with van der Waals surface area (Å²) in [6, 6.07) is 5.95. The minimum absolute atomic E-state index is 0.0387. The van der Waals surface area contributed by atoms with E-state index in [9.17, 15) is 4.79 Å². The van der Waals surface area contributed by atoms with Crippen LogP contribution in [0.25, 0.3) is 0 Å². The van der Waals surface area contributed by atoms with Crippen LogP contribution in [0.1, 0.15) is 18.9 Å². The van der Waals surface area contributed by atoms with E-state index in [4.69, 9.17) is 4.74 Å². The molecule has 0 aromatic heterocycles. The Morgan fingerprint density at radius 1 is 1.64 bits per heavy atom. The lowest BCUT2D eigenvalue weighted by Crippen LogP contribution is -2.16. The van der Waals surface area contributed by atoms with Crippen LogP contribution in [-0.2, 0) is 11.2 Å². The van der Waals surface area contributed by atoms with Gasteiger partial charge in [0.2, 0.25) is 0 Å². The van der Waals surface area contributed by atoms with Gasteiger partial charge in [-0.1, -0.05) is 15.9 Å². The number of Topliss-reactive ketones (excluding diaryl/α,β-unsaturated/α-hetero) is 1. The van der Waals surface area contributed by atoms with Crippen molar-refractivity contribution in [2.45, 2.75) is 25.9 Å². The van der Waals surface area contributed by atoms with Gasteiger partial charge >= 0.3 is 0 Å². The van der Waals surface area contributed by atoms with Crippen LogP contribution >= 0.6 is 15.9 Å². The van der Waals surface area contributed by atoms with Gasteiger partial charge in [-0.2, -0.15) is 0 Å². The highest BCUT2D eigenvalue weighted by molar-refractivity contribution is 9.10. The summed E-state index contributed by atoms with van der Waals surface area (Å²) in [5.41, 5.74) is 1.19. The van der Waals surface area contributed by atoms with E-state index in [1.807, 2.05) is 12.1 Å². The van der Waals surface area contributed by atoms with E-state index >= 15 is 0 Å². The van der Waals surface area contributed by atoms with E-state index in [0.29, 0.717) is 6.42 Å². The maximum Gasteiger partial charge on any atom is 0.133 e. The predicted octanol–water partition coefficient (Wildman–Crippen LogP) is 2.73. The Balaban J connectivity index is 2.14. The van der Waals surface area contributed by atoms with E-state index in [1.54, 1.807) is 6.92 Å². The molecule has 0 bridgehead atoms. The first-order chi connectivity index (χ1) is 6.65. The van der Waals surface area contributed by atoms with Gasteiger partial charge in [-0.15, -0.1) is 0 Å². The third-order valence-corrected chi connectivity index (χ3v) is 2.77. The highest BCUT2D eigenvalue weighted by Crippen LogP contribution is 2.32. The molecular weight excluding hydrogens is 244 g/mol. The largest absolute Gasteiger partial charge is 0.489 e. The maximum atomic E-state index is 10.9. The van der Waals surface area contributed by atoms with Crippen LogP contribution in [-0.4, -0.2) is 11.9 Å². The van der Waals surface area contributed by atoms with Crippen molar-refractivity contribution in [2.24, 2.45) is 0 Å². The topological polar surface area (TPSA) is 26.3 Å². The molecule has 1 aromatic rings. The highest BCUT2D eigenvalue weighted by atomic mass is 79.9. The van der Waals surface area contributed by atoms with Crippen LogP contribution in [0, 0.1) is 0 Å². The number of halogens is 1. The van der Waals surface area contributed by atoms with Crippen molar-refractivity contribution in [2.75, 3.05) is 0 Å². The molecule has 0 spiro atoms. The molecule has 1 unspecified atom stereocenters. The fourth-order valence-electron chi connectivity index (χ4n) is 1.72. The molecule has 1 aliphatic rings. The fraction of sp³-hybridized carbons (Fsp3) is 0.364. The van der Waals surface area contributed by atoms with Crippen molar-refractivity contribution in [3.05, 3.63) is 28.2 Å². The van der Waals surface area contributed by atoms with Gasteiger partial charge in [0.05, 0.1) is 0 Å². The zero-order chi connectivity index (χ0) is 10.1. The van der Waals surface area contributed by atoms with Gasteiger partial charge in [-0.25, -0.2) is 0 Å². The molecular formula is C11H11BrO2. The quantitative estimate of drug-likeness (QED) is 0.812. The van der Waals surface area contributed by atoms with Crippen molar-refractivity contribution in [1.29, 1.82) is 0 Å². The molecule has 1 aromatic carbocycles. The molecule has 1 heterocycles. The second-order valence-corrected chi connectivity index (χ2v) is 4.52. The molecule has 0 radical (unpaired) electrons. The molecule has 3 heteroatoms. The van der Waals surface area contributed by atoms with Gasteiger partial charge in [0, 0.05) is 17.3 Å². The molecule has 2 nitrogen and oxygen atoms in total. The molecule has 0 fully saturated rings. The van der Waals surface area contributed by atoms with Gasteiger partial charge in [0.25, 0.3) is 0 Å². The molecule has 74 valence electrons. The van der Waals surface area contributed by atoms with E-state index in [-0.39, 0.29) is 11.9 Å². The average molecular weight is 255 g/mol. The molecule has 2 rings (SSSR count). The van der Waals surface area contributed by atoms with Gasteiger partial charge < -0.3 is 4.74 Å². The van der Waals surface area contributed by atoms with Crippen LogP contribution in [0.5, 0.6) is 5.75 Å². The highest BCUT2D eigenvalue weighted by Gasteiger charge is 2.23. The minimum Gasteiger partial charge on any atom is -0.489 e. The first-order valence-electron chi connectivity index (χ1n) is 4.59. The standard InChI is InChI=1S/C11H11BrO2/c1-7(13)4-10-6-8-5-9(12)2-3-11(8)14-10/h2-3,5,10H,4,6H2,1H3. The van der Waals surface area contributed by atoms with Crippen molar-refractivity contribution >= 4 is 21.7 Å². The molecule has 1 aliphatic heterocycles. The molecule has 0 aliphatic carbocycles. The molecule has 0 N–H and O–H groups in total. The number of benzene rings is 1. The van der Waals surface area contributed by atoms with Crippen LogP contribution in [0.2, 0.25) is 0 Å². The van der Waals surface area contributed by atoms with Crippen LogP contribution in [0.4, 0.5) is 0 Å². The fourth-order valence-corrected chi connectivity index (χ4v) is 2.13. The summed E-state index contributed by atoms with van der Waals surface area (Å²) >= 11 is 3.41. The van der Waals surface area contributed by atoms with Gasteiger partial charge in [0.1, 0.15) is 17.6 Å². The summed E-state index contributed by atoms with van der Waals surface area (Å²) < 4.78 is 6.69. The van der Waals surface area contributed by atoms with Gasteiger partial charge in [-0.05, 0) is 30.7 Å². The number of fused-ring (bicyclic) bond motifs is 1. The lowest BCUT2D eigenvalue weighted by atomic mass is 10.1. The zero-order valence-corrected chi connectivity index (χ0v) is 9.50. The minimum atomic E-state index is 0.0387. The molecule has 14 heavy (non-hydrogen) atoms. The lowest BCUT2D eigenvalue weighted by molar-refractivity contribution is -0.118. The number of rotatable bonds is 2.